The van der Waals surface area contributed by atoms with Crippen molar-refractivity contribution in [1.29, 1.82) is 0 Å². The van der Waals surface area contributed by atoms with E-state index in [2.05, 4.69) is 27.1 Å². The predicted molar refractivity (Wildman–Crippen MR) is 155 cm³/mol. The minimum atomic E-state index is -5.03. The number of ether oxygens (including phenoxy) is 3. The molecule has 4 aliphatic rings. The standard InChI is InChI=1S/C30H34F5N7O3/c1-3-15-11-42-22(10-37-15)14(2)45-28-23-26(24(32)25(38-28)18-8-21(36)20(31)9-19(18)30(33,34)35)39-29(40-27(23)42)44-13-17-5-4-16-12-43-7-6-41(16)17/h8-9,14-17,22,37H,3-7,10-13,36H2,1-2H3/t14-,15+,16-,17-,22-/m0/s1. The maximum absolute atomic E-state index is 16.6. The Hall–Kier alpha value is -3.56. The molecule has 0 amide bonds. The van der Waals surface area contributed by atoms with Crippen molar-refractivity contribution in [1.82, 2.24) is 25.2 Å². The second-order valence-electron chi connectivity index (χ2n) is 12.1. The number of hydrogen-bond acceptors (Lipinski definition) is 10. The molecule has 0 spiro atoms. The smallest absolute Gasteiger partial charge is 0.417 e. The van der Waals surface area contributed by atoms with Crippen LogP contribution in [0.5, 0.6) is 11.9 Å². The number of hydrogen-bond donors (Lipinski definition) is 2. The molecule has 0 unspecified atom stereocenters. The Balaban J connectivity index is 1.39. The van der Waals surface area contributed by atoms with Gasteiger partial charge in [-0.1, -0.05) is 6.92 Å². The molecule has 2 aromatic heterocycles. The number of nitrogens with zero attached hydrogens (tertiary/aromatic N) is 5. The Bertz CT molecular complexity index is 1630. The summed E-state index contributed by atoms with van der Waals surface area (Å²) in [6, 6.07) is 1.12. The fourth-order valence-corrected chi connectivity index (χ4v) is 6.98. The monoisotopic (exact) mass is 635 g/mol. The number of aromatic nitrogens is 3. The molecule has 0 saturated carbocycles. The summed E-state index contributed by atoms with van der Waals surface area (Å²) in [6.45, 7) is 7.22. The number of halogens is 5. The summed E-state index contributed by atoms with van der Waals surface area (Å²) in [5, 5.41) is 3.62. The number of rotatable bonds is 5. The first-order valence-electron chi connectivity index (χ1n) is 15.2. The van der Waals surface area contributed by atoms with Crippen molar-refractivity contribution in [3.05, 3.63) is 29.3 Å². The van der Waals surface area contributed by atoms with Gasteiger partial charge in [0.2, 0.25) is 5.88 Å². The lowest BCUT2D eigenvalue weighted by Gasteiger charge is -2.42. The molecule has 242 valence electrons. The van der Waals surface area contributed by atoms with E-state index in [1.54, 1.807) is 0 Å². The first kappa shape index (κ1) is 30.1. The molecule has 6 heterocycles. The van der Waals surface area contributed by atoms with Crippen molar-refractivity contribution >= 4 is 22.4 Å². The van der Waals surface area contributed by atoms with Gasteiger partial charge in [0.25, 0.3) is 0 Å². The van der Waals surface area contributed by atoms with Crippen molar-refractivity contribution in [2.75, 3.05) is 50.1 Å². The molecular weight excluding hydrogens is 601 g/mol. The van der Waals surface area contributed by atoms with E-state index in [-0.39, 0.29) is 53.6 Å². The average Bonchev–Trinajstić information content (AvgIpc) is 3.39. The maximum Gasteiger partial charge on any atom is 0.417 e. The Labute approximate surface area is 256 Å². The molecule has 10 nitrogen and oxygen atoms in total. The lowest BCUT2D eigenvalue weighted by molar-refractivity contribution is -0.137. The minimum Gasteiger partial charge on any atom is -0.472 e. The molecule has 5 atom stereocenters. The van der Waals surface area contributed by atoms with Gasteiger partial charge in [-0.3, -0.25) is 4.90 Å². The van der Waals surface area contributed by atoms with Crippen molar-refractivity contribution in [3.8, 4) is 23.1 Å². The molecule has 1 aromatic carbocycles. The zero-order valence-corrected chi connectivity index (χ0v) is 24.8. The van der Waals surface area contributed by atoms with Gasteiger partial charge in [0.15, 0.2) is 5.82 Å². The Morgan fingerprint density at radius 3 is 2.76 bits per heavy atom. The first-order chi connectivity index (χ1) is 21.5. The normalized spacial score (nSPS) is 26.7. The van der Waals surface area contributed by atoms with Crippen LogP contribution in [0.25, 0.3) is 22.2 Å². The van der Waals surface area contributed by atoms with Gasteiger partial charge in [0.1, 0.15) is 40.9 Å². The number of morpholine rings is 1. The first-order valence-corrected chi connectivity index (χ1v) is 15.2. The lowest BCUT2D eigenvalue weighted by atomic mass is 10.0. The van der Waals surface area contributed by atoms with E-state index >= 15 is 4.39 Å². The van der Waals surface area contributed by atoms with Crippen LogP contribution in [0.4, 0.5) is 33.5 Å². The van der Waals surface area contributed by atoms with E-state index in [1.807, 2.05) is 11.8 Å². The molecule has 4 aliphatic heterocycles. The number of nitrogens with two attached hydrogens (primary N) is 1. The highest BCUT2D eigenvalue weighted by Crippen LogP contribution is 2.45. The number of nitrogen functional groups attached to an aromatic ring is 1. The molecule has 3 saturated heterocycles. The van der Waals surface area contributed by atoms with Gasteiger partial charge >= 0.3 is 12.2 Å². The predicted octanol–water partition coefficient (Wildman–Crippen LogP) is 4.15. The third kappa shape index (κ3) is 5.27. The number of nitrogens with one attached hydrogen (secondary N) is 1. The fraction of sp³-hybridized carbons (Fsp3) is 0.567. The van der Waals surface area contributed by atoms with Gasteiger partial charge in [-0.05, 0) is 38.3 Å². The van der Waals surface area contributed by atoms with Crippen molar-refractivity contribution in [3.63, 3.8) is 0 Å². The highest BCUT2D eigenvalue weighted by atomic mass is 19.4. The van der Waals surface area contributed by atoms with Gasteiger partial charge < -0.3 is 30.2 Å². The summed E-state index contributed by atoms with van der Waals surface area (Å²) in [5.74, 6) is -2.21. The quantitative estimate of drug-likeness (QED) is 0.314. The van der Waals surface area contributed by atoms with Crippen molar-refractivity contribution in [2.24, 2.45) is 0 Å². The number of alkyl halides is 3. The number of piperazine rings is 1. The molecule has 3 fully saturated rings. The molecule has 3 N–H and O–H groups in total. The van der Waals surface area contributed by atoms with Gasteiger partial charge in [0, 0.05) is 43.3 Å². The largest absolute Gasteiger partial charge is 0.472 e. The Morgan fingerprint density at radius 1 is 1.16 bits per heavy atom. The van der Waals surface area contributed by atoms with Crippen LogP contribution in [0.3, 0.4) is 0 Å². The highest BCUT2D eigenvalue weighted by Gasteiger charge is 2.41. The van der Waals surface area contributed by atoms with Crippen LogP contribution in [-0.2, 0) is 10.9 Å². The van der Waals surface area contributed by atoms with Crippen LogP contribution < -0.4 is 25.4 Å². The average molecular weight is 636 g/mol. The molecule has 45 heavy (non-hydrogen) atoms. The van der Waals surface area contributed by atoms with E-state index < -0.39 is 46.4 Å². The number of benzene rings is 1. The number of anilines is 2. The third-order valence-electron chi connectivity index (χ3n) is 9.43. The Kier molecular flexibility index (Phi) is 7.60. The van der Waals surface area contributed by atoms with E-state index in [9.17, 15) is 17.6 Å². The second kappa shape index (κ2) is 11.4. The van der Waals surface area contributed by atoms with Crippen LogP contribution in [0.15, 0.2) is 12.1 Å². The van der Waals surface area contributed by atoms with Crippen LogP contribution in [0, 0.1) is 11.6 Å². The molecular formula is C30H34F5N7O3. The summed E-state index contributed by atoms with van der Waals surface area (Å²) >= 11 is 0. The van der Waals surface area contributed by atoms with E-state index in [0.29, 0.717) is 38.2 Å². The van der Waals surface area contributed by atoms with Crippen LogP contribution in [0.2, 0.25) is 0 Å². The summed E-state index contributed by atoms with van der Waals surface area (Å²) < 4.78 is 91.2. The molecule has 7 rings (SSSR count). The van der Waals surface area contributed by atoms with Gasteiger partial charge in [0.05, 0.1) is 30.5 Å². The van der Waals surface area contributed by atoms with Crippen LogP contribution >= 0.6 is 0 Å². The van der Waals surface area contributed by atoms with Gasteiger partial charge in [-0.2, -0.15) is 23.1 Å². The van der Waals surface area contributed by atoms with Crippen molar-refractivity contribution < 1.29 is 36.2 Å². The fourth-order valence-electron chi connectivity index (χ4n) is 6.98. The topological polar surface area (TPSA) is 111 Å². The van der Waals surface area contributed by atoms with Gasteiger partial charge in [-0.15, -0.1) is 0 Å². The second-order valence-corrected chi connectivity index (χ2v) is 12.1. The number of pyridine rings is 1. The molecule has 15 heteroatoms. The highest BCUT2D eigenvalue weighted by molar-refractivity contribution is 5.97. The molecule has 0 radical (unpaired) electrons. The summed E-state index contributed by atoms with van der Waals surface area (Å²) in [6.07, 6.45) is -2.87. The van der Waals surface area contributed by atoms with Crippen LogP contribution in [0.1, 0.15) is 38.7 Å². The summed E-state index contributed by atoms with van der Waals surface area (Å²) in [4.78, 5) is 17.8. The van der Waals surface area contributed by atoms with E-state index in [4.69, 9.17) is 24.9 Å². The summed E-state index contributed by atoms with van der Waals surface area (Å²) in [7, 11) is 0. The molecule has 0 bridgehead atoms. The van der Waals surface area contributed by atoms with Gasteiger partial charge in [-0.25, -0.2) is 13.8 Å². The van der Waals surface area contributed by atoms with E-state index in [1.165, 1.54) is 0 Å². The third-order valence-corrected chi connectivity index (χ3v) is 9.43. The SMILES string of the molecule is CC[C@@H]1CN2c3nc(OC[C@@H]4CC[C@H]5COCCN54)nc4c(F)c(-c5cc(N)c(F)cc5C(F)(F)F)nc(c34)O[C@@H](C)[C@@H]2CN1. The van der Waals surface area contributed by atoms with E-state index in [0.717, 1.165) is 31.9 Å². The summed E-state index contributed by atoms with van der Waals surface area (Å²) in [5.41, 5.74) is 1.92. The Morgan fingerprint density at radius 2 is 1.98 bits per heavy atom. The maximum atomic E-state index is 16.6. The van der Waals surface area contributed by atoms with Crippen LogP contribution in [-0.4, -0.2) is 89.6 Å². The van der Waals surface area contributed by atoms with Crippen molar-refractivity contribution in [2.45, 2.75) is 69.6 Å². The lowest BCUT2D eigenvalue weighted by Crippen LogP contribution is -2.60. The zero-order valence-electron chi connectivity index (χ0n) is 24.8. The number of fused-ring (bicyclic) bond motifs is 3. The molecule has 0 aliphatic carbocycles. The zero-order chi connectivity index (χ0) is 31.6. The molecule has 3 aromatic rings. The minimum absolute atomic E-state index is 0.0852.